The van der Waals surface area contributed by atoms with Crippen molar-refractivity contribution in [1.29, 1.82) is 0 Å². The van der Waals surface area contributed by atoms with Crippen LogP contribution in [0.4, 0.5) is 10.1 Å². The Morgan fingerprint density at radius 2 is 2.10 bits per heavy atom. The van der Waals surface area contributed by atoms with E-state index < -0.39 is 46.5 Å². The van der Waals surface area contributed by atoms with Crippen molar-refractivity contribution < 1.29 is 29.1 Å². The van der Waals surface area contributed by atoms with Crippen molar-refractivity contribution in [3.8, 4) is 0 Å². The molecule has 0 fully saturated rings. The van der Waals surface area contributed by atoms with Gasteiger partial charge in [-0.2, -0.15) is 0 Å². The van der Waals surface area contributed by atoms with Crippen molar-refractivity contribution in [2.45, 2.75) is 12.5 Å². The van der Waals surface area contributed by atoms with Gasteiger partial charge in [-0.3, -0.25) is 14.9 Å². The first-order chi connectivity index (χ1) is 9.36. The maximum absolute atomic E-state index is 13.1. The number of halogens is 1. The number of nitrogens with zero attached hydrogens (tertiary/aromatic N) is 1. The number of carbonyl (C=O) groups is 2. The minimum Gasteiger partial charge on any atom is -0.480 e. The third-order valence-corrected chi connectivity index (χ3v) is 2.42. The molecule has 1 aromatic carbocycles. The minimum atomic E-state index is -1.42. The van der Waals surface area contributed by atoms with Crippen molar-refractivity contribution in [2.75, 3.05) is 6.61 Å². The van der Waals surface area contributed by atoms with Crippen LogP contribution in [0.3, 0.4) is 0 Å². The predicted molar refractivity (Wildman–Crippen MR) is 63.6 cm³/mol. The molecule has 0 heterocycles. The number of hydrogen-bond acceptors (Lipinski definition) is 5. The number of nitrogens with one attached hydrogen (secondary N) is 1. The van der Waals surface area contributed by atoms with Gasteiger partial charge in [0.05, 0.1) is 4.92 Å². The SMILES string of the molecule is O=C(NC(CCO)C(=O)O)c1cc(F)ccc1[N+](=O)[O-]. The van der Waals surface area contributed by atoms with Crippen LogP contribution in [0.25, 0.3) is 0 Å². The normalized spacial score (nSPS) is 11.7. The molecule has 0 aromatic heterocycles. The standard InChI is InChI=1S/C11H11FN2O6/c12-6-1-2-9(14(19)20)7(5-6)10(16)13-8(3-4-15)11(17)18/h1-2,5,8,15H,3-4H2,(H,13,16)(H,17,18). The minimum absolute atomic E-state index is 0.274. The van der Waals surface area contributed by atoms with Crippen LogP contribution in [-0.2, 0) is 4.79 Å². The first-order valence-electron chi connectivity index (χ1n) is 5.45. The van der Waals surface area contributed by atoms with Gasteiger partial charge < -0.3 is 15.5 Å². The van der Waals surface area contributed by atoms with Gasteiger partial charge in [-0.05, 0) is 12.1 Å². The van der Waals surface area contributed by atoms with E-state index in [4.69, 9.17) is 10.2 Å². The highest BCUT2D eigenvalue weighted by molar-refractivity contribution is 5.99. The van der Waals surface area contributed by atoms with Crippen molar-refractivity contribution in [1.82, 2.24) is 5.32 Å². The van der Waals surface area contributed by atoms with Gasteiger partial charge in [-0.15, -0.1) is 0 Å². The van der Waals surface area contributed by atoms with E-state index in [1.165, 1.54) is 0 Å². The van der Waals surface area contributed by atoms with Crippen LogP contribution < -0.4 is 5.32 Å². The second-order valence-electron chi connectivity index (χ2n) is 3.80. The molecule has 108 valence electrons. The van der Waals surface area contributed by atoms with Gasteiger partial charge in [0, 0.05) is 19.1 Å². The van der Waals surface area contributed by atoms with Gasteiger partial charge in [0.1, 0.15) is 17.4 Å². The topological polar surface area (TPSA) is 130 Å². The number of nitro benzene ring substituents is 1. The fraction of sp³-hybridized carbons (Fsp3) is 0.273. The molecular formula is C11H11FN2O6. The summed E-state index contributed by atoms with van der Waals surface area (Å²) in [4.78, 5) is 32.4. The molecule has 1 rings (SSSR count). The molecule has 0 saturated carbocycles. The van der Waals surface area contributed by atoms with E-state index >= 15 is 0 Å². The van der Waals surface area contributed by atoms with E-state index in [9.17, 15) is 24.1 Å². The monoisotopic (exact) mass is 286 g/mol. The number of benzene rings is 1. The summed E-state index contributed by atoms with van der Waals surface area (Å²) in [5.41, 5.74) is -1.23. The second-order valence-corrected chi connectivity index (χ2v) is 3.80. The number of hydrogen-bond donors (Lipinski definition) is 3. The number of amides is 1. The Balaban J connectivity index is 3.05. The Hall–Kier alpha value is -2.55. The predicted octanol–water partition coefficient (Wildman–Crippen LogP) is 0.299. The van der Waals surface area contributed by atoms with Crippen LogP contribution in [-0.4, -0.2) is 39.7 Å². The van der Waals surface area contributed by atoms with Gasteiger partial charge >= 0.3 is 5.97 Å². The molecule has 0 aliphatic rings. The third-order valence-electron chi connectivity index (χ3n) is 2.42. The lowest BCUT2D eigenvalue weighted by Crippen LogP contribution is -2.41. The quantitative estimate of drug-likeness (QED) is 0.509. The molecule has 0 bridgehead atoms. The summed E-state index contributed by atoms with van der Waals surface area (Å²) in [5.74, 6) is -3.38. The lowest BCUT2D eigenvalue weighted by molar-refractivity contribution is -0.385. The molecule has 1 atom stereocenters. The molecule has 0 aliphatic carbocycles. The molecule has 9 heteroatoms. The average Bonchev–Trinajstić information content (AvgIpc) is 2.37. The molecule has 0 radical (unpaired) electrons. The molecule has 0 saturated heterocycles. The molecule has 3 N–H and O–H groups in total. The summed E-state index contributed by atoms with van der Waals surface area (Å²) in [6.45, 7) is -0.498. The maximum atomic E-state index is 13.1. The van der Waals surface area contributed by atoms with Crippen LogP contribution in [0.15, 0.2) is 18.2 Å². The molecule has 0 aliphatic heterocycles. The first kappa shape index (κ1) is 15.5. The van der Waals surface area contributed by atoms with Crippen LogP contribution in [0.2, 0.25) is 0 Å². The van der Waals surface area contributed by atoms with Crippen molar-refractivity contribution in [3.05, 3.63) is 39.7 Å². The van der Waals surface area contributed by atoms with E-state index in [-0.39, 0.29) is 6.42 Å². The highest BCUT2D eigenvalue weighted by Gasteiger charge is 2.25. The number of carboxylic acids is 1. The number of carboxylic acid groups (broad SMARTS) is 1. The van der Waals surface area contributed by atoms with Gasteiger partial charge in [0.2, 0.25) is 0 Å². The van der Waals surface area contributed by atoms with Crippen molar-refractivity contribution in [3.63, 3.8) is 0 Å². The Bertz CT molecular complexity index is 548. The highest BCUT2D eigenvalue weighted by Crippen LogP contribution is 2.19. The number of rotatable bonds is 6. The summed E-state index contributed by atoms with van der Waals surface area (Å²) in [6.07, 6.45) is -0.274. The van der Waals surface area contributed by atoms with E-state index in [0.29, 0.717) is 6.07 Å². The van der Waals surface area contributed by atoms with E-state index in [2.05, 4.69) is 0 Å². The molecule has 1 amide bonds. The van der Waals surface area contributed by atoms with E-state index in [0.717, 1.165) is 12.1 Å². The van der Waals surface area contributed by atoms with Crippen LogP contribution in [0, 0.1) is 15.9 Å². The smallest absolute Gasteiger partial charge is 0.326 e. The molecule has 8 nitrogen and oxygen atoms in total. The molecule has 1 aromatic rings. The fourth-order valence-corrected chi connectivity index (χ4v) is 1.47. The molecular weight excluding hydrogens is 275 g/mol. The number of aliphatic hydroxyl groups is 1. The Morgan fingerprint density at radius 1 is 1.45 bits per heavy atom. The Labute approximate surface area is 112 Å². The second kappa shape index (κ2) is 6.57. The molecule has 1 unspecified atom stereocenters. The Kier molecular flexibility index (Phi) is 5.09. The van der Waals surface area contributed by atoms with Gasteiger partial charge in [0.25, 0.3) is 11.6 Å². The van der Waals surface area contributed by atoms with Crippen molar-refractivity contribution in [2.24, 2.45) is 0 Å². The lowest BCUT2D eigenvalue weighted by Gasteiger charge is -2.13. The maximum Gasteiger partial charge on any atom is 0.326 e. The average molecular weight is 286 g/mol. The van der Waals surface area contributed by atoms with E-state index in [1.54, 1.807) is 0 Å². The van der Waals surface area contributed by atoms with Gasteiger partial charge in [-0.25, -0.2) is 9.18 Å². The largest absolute Gasteiger partial charge is 0.480 e. The Morgan fingerprint density at radius 3 is 2.60 bits per heavy atom. The van der Waals surface area contributed by atoms with Crippen LogP contribution in [0.1, 0.15) is 16.8 Å². The first-order valence-corrected chi connectivity index (χ1v) is 5.45. The van der Waals surface area contributed by atoms with Gasteiger partial charge in [0.15, 0.2) is 0 Å². The summed E-state index contributed by atoms with van der Waals surface area (Å²) in [5, 5.41) is 30.2. The zero-order chi connectivity index (χ0) is 15.3. The lowest BCUT2D eigenvalue weighted by atomic mass is 10.1. The number of aliphatic carboxylic acids is 1. The third kappa shape index (κ3) is 3.72. The fourth-order valence-electron chi connectivity index (χ4n) is 1.47. The van der Waals surface area contributed by atoms with Crippen LogP contribution >= 0.6 is 0 Å². The van der Waals surface area contributed by atoms with Crippen LogP contribution in [0.5, 0.6) is 0 Å². The summed E-state index contributed by atoms with van der Waals surface area (Å²) in [7, 11) is 0. The zero-order valence-electron chi connectivity index (χ0n) is 10.1. The summed E-state index contributed by atoms with van der Waals surface area (Å²) >= 11 is 0. The molecule has 20 heavy (non-hydrogen) atoms. The zero-order valence-corrected chi connectivity index (χ0v) is 10.1. The van der Waals surface area contributed by atoms with Crippen molar-refractivity contribution >= 4 is 17.6 Å². The number of carbonyl (C=O) groups excluding carboxylic acids is 1. The summed E-state index contributed by atoms with van der Waals surface area (Å²) in [6, 6.07) is 0.852. The van der Waals surface area contributed by atoms with Gasteiger partial charge in [-0.1, -0.05) is 0 Å². The summed E-state index contributed by atoms with van der Waals surface area (Å²) < 4.78 is 13.1. The molecule has 0 spiro atoms. The van der Waals surface area contributed by atoms with E-state index in [1.807, 2.05) is 5.32 Å². The number of aliphatic hydroxyl groups excluding tert-OH is 1. The number of nitro groups is 1. The highest BCUT2D eigenvalue weighted by atomic mass is 19.1.